The van der Waals surface area contributed by atoms with E-state index in [1.807, 2.05) is 6.07 Å². The third-order valence-electron chi connectivity index (χ3n) is 2.08. The average Bonchev–Trinajstić information content (AvgIpc) is 2.33. The SMILES string of the molecule is CNc1cccnc1Oc1ccccc1F. The van der Waals surface area contributed by atoms with E-state index in [0.717, 1.165) is 0 Å². The van der Waals surface area contributed by atoms with Crippen LogP contribution in [0, 0.1) is 5.82 Å². The van der Waals surface area contributed by atoms with Gasteiger partial charge < -0.3 is 10.1 Å². The van der Waals surface area contributed by atoms with E-state index in [9.17, 15) is 4.39 Å². The lowest BCUT2D eigenvalue weighted by Gasteiger charge is -2.09. The molecule has 0 atom stereocenters. The maximum Gasteiger partial charge on any atom is 0.242 e. The molecule has 0 saturated carbocycles. The van der Waals surface area contributed by atoms with Crippen LogP contribution in [0.25, 0.3) is 0 Å². The van der Waals surface area contributed by atoms with Gasteiger partial charge in [0.15, 0.2) is 11.6 Å². The van der Waals surface area contributed by atoms with Gasteiger partial charge in [0, 0.05) is 13.2 Å². The fourth-order valence-electron chi connectivity index (χ4n) is 1.29. The highest BCUT2D eigenvalue weighted by Crippen LogP contribution is 2.27. The number of para-hydroxylation sites is 1. The summed E-state index contributed by atoms with van der Waals surface area (Å²) >= 11 is 0. The Hall–Kier alpha value is -2.10. The first kappa shape index (κ1) is 10.4. The Kier molecular flexibility index (Phi) is 3.00. The number of rotatable bonds is 3. The van der Waals surface area contributed by atoms with Crippen molar-refractivity contribution in [3.8, 4) is 11.6 Å². The van der Waals surface area contributed by atoms with Gasteiger partial charge in [-0.1, -0.05) is 12.1 Å². The zero-order valence-electron chi connectivity index (χ0n) is 8.77. The van der Waals surface area contributed by atoms with Crippen LogP contribution in [0.1, 0.15) is 0 Å². The van der Waals surface area contributed by atoms with Crippen LogP contribution in [0.3, 0.4) is 0 Å². The number of hydrogen-bond acceptors (Lipinski definition) is 3. The van der Waals surface area contributed by atoms with Crippen LogP contribution in [-0.2, 0) is 0 Å². The van der Waals surface area contributed by atoms with Crippen molar-refractivity contribution in [1.82, 2.24) is 4.98 Å². The van der Waals surface area contributed by atoms with E-state index in [1.54, 1.807) is 37.5 Å². The molecule has 0 fully saturated rings. The smallest absolute Gasteiger partial charge is 0.242 e. The Morgan fingerprint density at radius 3 is 2.75 bits per heavy atom. The van der Waals surface area contributed by atoms with Crippen LogP contribution in [0.4, 0.5) is 10.1 Å². The summed E-state index contributed by atoms with van der Waals surface area (Å²) in [4.78, 5) is 4.03. The summed E-state index contributed by atoms with van der Waals surface area (Å²) < 4.78 is 18.7. The Morgan fingerprint density at radius 2 is 2.00 bits per heavy atom. The standard InChI is InChI=1S/C12H11FN2O/c1-14-10-6-4-8-15-12(10)16-11-7-3-2-5-9(11)13/h2-8,14H,1H3. The Morgan fingerprint density at radius 1 is 1.19 bits per heavy atom. The number of aromatic nitrogens is 1. The van der Waals surface area contributed by atoms with Gasteiger partial charge in [0.05, 0.1) is 5.69 Å². The second-order valence-electron chi connectivity index (χ2n) is 3.14. The number of ether oxygens (including phenoxy) is 1. The Bertz CT molecular complexity index is 488. The van der Waals surface area contributed by atoms with Gasteiger partial charge in [-0.25, -0.2) is 9.37 Å². The molecule has 0 aliphatic carbocycles. The van der Waals surface area contributed by atoms with Gasteiger partial charge in [-0.05, 0) is 24.3 Å². The average molecular weight is 218 g/mol. The molecule has 1 heterocycles. The fraction of sp³-hybridized carbons (Fsp3) is 0.0833. The molecule has 3 nitrogen and oxygen atoms in total. The molecule has 0 radical (unpaired) electrons. The Balaban J connectivity index is 2.30. The van der Waals surface area contributed by atoms with Crippen molar-refractivity contribution < 1.29 is 9.13 Å². The first-order valence-electron chi connectivity index (χ1n) is 4.86. The molecule has 16 heavy (non-hydrogen) atoms. The molecule has 0 spiro atoms. The molecule has 2 aromatic rings. The van der Waals surface area contributed by atoms with Crippen LogP contribution < -0.4 is 10.1 Å². The third-order valence-corrected chi connectivity index (χ3v) is 2.08. The summed E-state index contributed by atoms with van der Waals surface area (Å²) in [5, 5.41) is 2.93. The molecule has 4 heteroatoms. The van der Waals surface area contributed by atoms with Crippen LogP contribution in [0.5, 0.6) is 11.6 Å². The molecule has 0 unspecified atom stereocenters. The molecule has 0 aliphatic heterocycles. The quantitative estimate of drug-likeness (QED) is 0.859. The van der Waals surface area contributed by atoms with E-state index < -0.39 is 5.82 Å². The number of benzene rings is 1. The highest BCUT2D eigenvalue weighted by Gasteiger charge is 2.07. The lowest BCUT2D eigenvalue weighted by Crippen LogP contribution is -1.96. The van der Waals surface area contributed by atoms with Crippen molar-refractivity contribution in [2.45, 2.75) is 0 Å². The molecular formula is C12H11FN2O. The first-order valence-corrected chi connectivity index (χ1v) is 4.86. The van der Waals surface area contributed by atoms with Crippen molar-refractivity contribution in [3.05, 3.63) is 48.4 Å². The van der Waals surface area contributed by atoms with Crippen LogP contribution in [0.2, 0.25) is 0 Å². The van der Waals surface area contributed by atoms with Gasteiger partial charge in [-0.2, -0.15) is 0 Å². The van der Waals surface area contributed by atoms with Crippen molar-refractivity contribution in [2.24, 2.45) is 0 Å². The zero-order valence-corrected chi connectivity index (χ0v) is 8.77. The second-order valence-corrected chi connectivity index (χ2v) is 3.14. The molecule has 0 bridgehead atoms. The van der Waals surface area contributed by atoms with Gasteiger partial charge in [-0.3, -0.25) is 0 Å². The molecule has 0 saturated heterocycles. The van der Waals surface area contributed by atoms with Crippen LogP contribution >= 0.6 is 0 Å². The molecule has 1 aromatic heterocycles. The topological polar surface area (TPSA) is 34.2 Å². The van der Waals surface area contributed by atoms with Crippen molar-refractivity contribution >= 4 is 5.69 Å². The minimum atomic E-state index is -0.407. The van der Waals surface area contributed by atoms with Crippen LogP contribution in [0.15, 0.2) is 42.6 Å². The number of halogens is 1. The van der Waals surface area contributed by atoms with Gasteiger partial charge in [-0.15, -0.1) is 0 Å². The number of nitrogens with one attached hydrogen (secondary N) is 1. The summed E-state index contributed by atoms with van der Waals surface area (Å²) in [5.41, 5.74) is 0.714. The largest absolute Gasteiger partial charge is 0.434 e. The van der Waals surface area contributed by atoms with Crippen LogP contribution in [-0.4, -0.2) is 12.0 Å². The maximum absolute atomic E-state index is 13.3. The van der Waals surface area contributed by atoms with Gasteiger partial charge in [0.2, 0.25) is 5.88 Å². The second kappa shape index (κ2) is 4.61. The van der Waals surface area contributed by atoms with Crippen molar-refractivity contribution in [3.63, 3.8) is 0 Å². The highest BCUT2D eigenvalue weighted by molar-refractivity contribution is 5.52. The Labute approximate surface area is 92.9 Å². The molecular weight excluding hydrogens is 207 g/mol. The number of anilines is 1. The summed E-state index contributed by atoms with van der Waals surface area (Å²) in [5.74, 6) is 0.114. The summed E-state index contributed by atoms with van der Waals surface area (Å²) in [6, 6.07) is 9.81. The maximum atomic E-state index is 13.3. The van der Waals surface area contributed by atoms with E-state index in [4.69, 9.17) is 4.74 Å². The normalized spacial score (nSPS) is 9.88. The zero-order chi connectivity index (χ0) is 11.4. The molecule has 1 aromatic carbocycles. The molecule has 2 rings (SSSR count). The highest BCUT2D eigenvalue weighted by atomic mass is 19.1. The lowest BCUT2D eigenvalue weighted by molar-refractivity contribution is 0.429. The first-order chi connectivity index (χ1) is 7.81. The molecule has 1 N–H and O–H groups in total. The summed E-state index contributed by atoms with van der Waals surface area (Å²) in [6.45, 7) is 0. The fourth-order valence-corrected chi connectivity index (χ4v) is 1.29. The lowest BCUT2D eigenvalue weighted by atomic mass is 10.3. The van der Waals surface area contributed by atoms with E-state index in [-0.39, 0.29) is 5.75 Å². The third kappa shape index (κ3) is 2.11. The van der Waals surface area contributed by atoms with E-state index in [1.165, 1.54) is 6.07 Å². The van der Waals surface area contributed by atoms with Gasteiger partial charge in [0.1, 0.15) is 0 Å². The van der Waals surface area contributed by atoms with E-state index in [0.29, 0.717) is 11.6 Å². The van der Waals surface area contributed by atoms with Gasteiger partial charge in [0.25, 0.3) is 0 Å². The number of pyridine rings is 1. The van der Waals surface area contributed by atoms with Gasteiger partial charge >= 0.3 is 0 Å². The summed E-state index contributed by atoms with van der Waals surface area (Å²) in [7, 11) is 1.76. The predicted molar refractivity (Wildman–Crippen MR) is 60.3 cm³/mol. The summed E-state index contributed by atoms with van der Waals surface area (Å²) in [6.07, 6.45) is 1.59. The minimum Gasteiger partial charge on any atom is -0.434 e. The molecule has 82 valence electrons. The minimum absolute atomic E-state index is 0.165. The number of nitrogens with zero attached hydrogens (tertiary/aromatic N) is 1. The van der Waals surface area contributed by atoms with Crippen molar-refractivity contribution in [1.29, 1.82) is 0 Å². The monoisotopic (exact) mass is 218 g/mol. The predicted octanol–water partition coefficient (Wildman–Crippen LogP) is 3.05. The van der Waals surface area contributed by atoms with Crippen molar-refractivity contribution in [2.75, 3.05) is 12.4 Å². The van der Waals surface area contributed by atoms with E-state index >= 15 is 0 Å². The van der Waals surface area contributed by atoms with E-state index in [2.05, 4.69) is 10.3 Å². The molecule has 0 aliphatic rings. The molecule has 0 amide bonds. The number of hydrogen-bond donors (Lipinski definition) is 1.